The molecule has 1 aliphatic carbocycles. The minimum Gasteiger partial charge on any atom is -0.487 e. The molecule has 0 unspecified atom stereocenters. The van der Waals surface area contributed by atoms with Crippen molar-refractivity contribution in [2.24, 2.45) is 5.41 Å². The molecule has 4 rings (SSSR count). The summed E-state index contributed by atoms with van der Waals surface area (Å²) >= 11 is 0. The maximum atomic E-state index is 14.1. The van der Waals surface area contributed by atoms with E-state index in [0.29, 0.717) is 30.2 Å². The SMILES string of the molecule is CCC1([C@H](NC(=O)c2ccc3ccc(F)cc3c2OCc2ccc(C(F)(F)F)cc2)C(=O)O)CCCC1. The standard InChI is InChI=1S/C28H27F4NO4/c1-2-27(13-3-4-14-27)24(26(35)36)33-25(34)21-12-8-18-7-11-20(29)15-22(18)23(21)37-16-17-5-9-19(10-6-17)28(30,31)32/h5-12,15,24H,2-4,13-14,16H2,1H3,(H,33,34)(H,35,36)/t24-/m1/s1. The number of amides is 1. The van der Waals surface area contributed by atoms with Gasteiger partial charge in [-0.05, 0) is 60.5 Å². The van der Waals surface area contributed by atoms with Gasteiger partial charge in [0.1, 0.15) is 24.2 Å². The van der Waals surface area contributed by atoms with E-state index in [-0.39, 0.29) is 23.3 Å². The second-order valence-corrected chi connectivity index (χ2v) is 9.46. The topological polar surface area (TPSA) is 75.6 Å². The second kappa shape index (κ2) is 10.4. The van der Waals surface area contributed by atoms with Crippen molar-refractivity contribution in [3.63, 3.8) is 0 Å². The highest BCUT2D eigenvalue weighted by Crippen LogP contribution is 2.44. The van der Waals surface area contributed by atoms with Crippen LogP contribution in [0.1, 0.15) is 60.5 Å². The molecule has 1 amide bonds. The van der Waals surface area contributed by atoms with Gasteiger partial charge >= 0.3 is 12.1 Å². The van der Waals surface area contributed by atoms with Crippen molar-refractivity contribution in [1.82, 2.24) is 5.32 Å². The molecule has 9 heteroatoms. The van der Waals surface area contributed by atoms with Crippen molar-refractivity contribution in [2.75, 3.05) is 0 Å². The average molecular weight is 518 g/mol. The number of carbonyl (C=O) groups is 2. The lowest BCUT2D eigenvalue weighted by Gasteiger charge is -2.34. The number of nitrogens with one attached hydrogen (secondary N) is 1. The van der Waals surface area contributed by atoms with Crippen molar-refractivity contribution in [1.29, 1.82) is 0 Å². The van der Waals surface area contributed by atoms with E-state index in [1.54, 1.807) is 6.07 Å². The minimum atomic E-state index is -4.48. The molecule has 196 valence electrons. The Labute approximate surface area is 211 Å². The summed E-state index contributed by atoms with van der Waals surface area (Å²) in [5.74, 6) is -2.35. The number of alkyl halides is 3. The fourth-order valence-electron chi connectivity index (χ4n) is 5.16. The Morgan fingerprint density at radius 2 is 1.70 bits per heavy atom. The van der Waals surface area contributed by atoms with E-state index in [9.17, 15) is 32.3 Å². The normalized spacial score (nSPS) is 15.9. The fourth-order valence-corrected chi connectivity index (χ4v) is 5.16. The summed E-state index contributed by atoms with van der Waals surface area (Å²) in [6, 6.07) is 10.3. The number of hydrogen-bond acceptors (Lipinski definition) is 3. The van der Waals surface area contributed by atoms with Gasteiger partial charge in [-0.1, -0.05) is 44.0 Å². The van der Waals surface area contributed by atoms with Crippen LogP contribution < -0.4 is 10.1 Å². The molecular formula is C28H27F4NO4. The lowest BCUT2D eigenvalue weighted by molar-refractivity contribution is -0.143. The Kier molecular flexibility index (Phi) is 7.43. The summed E-state index contributed by atoms with van der Waals surface area (Å²) in [6.45, 7) is 1.72. The van der Waals surface area contributed by atoms with Crippen LogP contribution in [-0.4, -0.2) is 23.0 Å². The van der Waals surface area contributed by atoms with Gasteiger partial charge in [0, 0.05) is 10.8 Å². The predicted molar refractivity (Wildman–Crippen MR) is 130 cm³/mol. The van der Waals surface area contributed by atoms with Crippen molar-refractivity contribution < 1.29 is 37.0 Å². The lowest BCUT2D eigenvalue weighted by atomic mass is 9.76. The number of rotatable bonds is 8. The molecule has 0 spiro atoms. The number of carboxylic acids is 1. The maximum absolute atomic E-state index is 14.1. The van der Waals surface area contributed by atoms with Crippen LogP contribution in [0.15, 0.2) is 54.6 Å². The van der Waals surface area contributed by atoms with Crippen molar-refractivity contribution >= 4 is 22.6 Å². The van der Waals surface area contributed by atoms with Gasteiger partial charge in [-0.2, -0.15) is 13.2 Å². The van der Waals surface area contributed by atoms with Crippen LogP contribution >= 0.6 is 0 Å². The average Bonchev–Trinajstić information content (AvgIpc) is 3.35. The Bertz CT molecular complexity index is 1300. The Hall–Kier alpha value is -3.62. The molecule has 0 heterocycles. The molecule has 1 fully saturated rings. The van der Waals surface area contributed by atoms with E-state index in [0.717, 1.165) is 25.0 Å². The second-order valence-electron chi connectivity index (χ2n) is 9.46. The summed E-state index contributed by atoms with van der Waals surface area (Å²) in [7, 11) is 0. The van der Waals surface area contributed by atoms with E-state index >= 15 is 0 Å². The Balaban J connectivity index is 1.67. The molecule has 1 saturated carbocycles. The number of fused-ring (bicyclic) bond motifs is 1. The number of carbonyl (C=O) groups excluding carboxylic acids is 1. The van der Waals surface area contributed by atoms with Crippen molar-refractivity contribution in [3.8, 4) is 5.75 Å². The monoisotopic (exact) mass is 517 g/mol. The van der Waals surface area contributed by atoms with Crippen molar-refractivity contribution in [3.05, 3.63) is 77.1 Å². The highest BCUT2D eigenvalue weighted by Gasteiger charge is 2.45. The van der Waals surface area contributed by atoms with Gasteiger partial charge in [-0.25, -0.2) is 9.18 Å². The van der Waals surface area contributed by atoms with Gasteiger partial charge in [0.15, 0.2) is 0 Å². The van der Waals surface area contributed by atoms with Gasteiger partial charge in [0.25, 0.3) is 5.91 Å². The number of ether oxygens (including phenoxy) is 1. The third kappa shape index (κ3) is 5.55. The van der Waals surface area contributed by atoms with Crippen LogP contribution in [0.25, 0.3) is 10.8 Å². The molecule has 3 aromatic carbocycles. The predicted octanol–water partition coefficient (Wildman–Crippen LogP) is 6.73. The molecule has 0 aromatic heterocycles. The third-order valence-corrected chi connectivity index (χ3v) is 7.28. The summed E-state index contributed by atoms with van der Waals surface area (Å²) < 4.78 is 58.7. The molecule has 1 aliphatic rings. The number of hydrogen-bond donors (Lipinski definition) is 2. The summed E-state index contributed by atoms with van der Waals surface area (Å²) in [4.78, 5) is 25.6. The van der Waals surface area contributed by atoms with E-state index in [2.05, 4.69) is 5.32 Å². The number of halogens is 4. The molecule has 3 aromatic rings. The van der Waals surface area contributed by atoms with Gasteiger partial charge < -0.3 is 15.2 Å². The molecule has 0 radical (unpaired) electrons. The lowest BCUT2D eigenvalue weighted by Crippen LogP contribution is -2.51. The van der Waals surface area contributed by atoms with Crippen LogP contribution in [0.4, 0.5) is 17.6 Å². The first-order chi connectivity index (χ1) is 17.5. The van der Waals surface area contributed by atoms with Gasteiger partial charge in [0.2, 0.25) is 0 Å². The molecule has 0 aliphatic heterocycles. The van der Waals surface area contributed by atoms with Crippen molar-refractivity contribution in [2.45, 2.75) is 57.9 Å². The number of aliphatic carboxylic acids is 1. The molecular weight excluding hydrogens is 490 g/mol. The zero-order chi connectivity index (χ0) is 26.8. The molecule has 5 nitrogen and oxygen atoms in total. The molecule has 0 saturated heterocycles. The zero-order valence-electron chi connectivity index (χ0n) is 20.2. The highest BCUT2D eigenvalue weighted by atomic mass is 19.4. The highest BCUT2D eigenvalue weighted by molar-refractivity contribution is 6.05. The van der Waals surface area contributed by atoms with E-state index in [1.165, 1.54) is 36.4 Å². The van der Waals surface area contributed by atoms with E-state index in [1.807, 2.05) is 6.92 Å². The molecule has 2 N–H and O–H groups in total. The number of carboxylic acid groups (broad SMARTS) is 1. The van der Waals surface area contributed by atoms with Crippen LogP contribution in [0.5, 0.6) is 5.75 Å². The minimum absolute atomic E-state index is 0.0144. The quantitative estimate of drug-likeness (QED) is 0.325. The van der Waals surface area contributed by atoms with Gasteiger partial charge in [0.05, 0.1) is 11.1 Å². The molecule has 0 bridgehead atoms. The maximum Gasteiger partial charge on any atom is 0.416 e. The third-order valence-electron chi connectivity index (χ3n) is 7.28. The fraction of sp³-hybridized carbons (Fsp3) is 0.357. The van der Waals surface area contributed by atoms with Gasteiger partial charge in [-0.3, -0.25) is 4.79 Å². The first-order valence-corrected chi connectivity index (χ1v) is 12.1. The van der Waals surface area contributed by atoms with Crippen LogP contribution in [0.2, 0.25) is 0 Å². The summed E-state index contributed by atoms with van der Waals surface area (Å²) in [5.41, 5.74) is -0.946. The first-order valence-electron chi connectivity index (χ1n) is 12.1. The van der Waals surface area contributed by atoms with Crippen LogP contribution in [0.3, 0.4) is 0 Å². The largest absolute Gasteiger partial charge is 0.487 e. The van der Waals surface area contributed by atoms with E-state index in [4.69, 9.17) is 4.74 Å². The summed E-state index contributed by atoms with van der Waals surface area (Å²) in [5, 5.41) is 13.5. The first kappa shape index (κ1) is 26.4. The molecule has 1 atom stereocenters. The Morgan fingerprint density at radius 1 is 1.05 bits per heavy atom. The molecule has 37 heavy (non-hydrogen) atoms. The van der Waals surface area contributed by atoms with Crippen LogP contribution in [-0.2, 0) is 17.6 Å². The zero-order valence-corrected chi connectivity index (χ0v) is 20.2. The number of benzene rings is 3. The van der Waals surface area contributed by atoms with E-state index < -0.39 is 40.9 Å². The van der Waals surface area contributed by atoms with Gasteiger partial charge in [-0.15, -0.1) is 0 Å². The van der Waals surface area contributed by atoms with Crippen LogP contribution in [0, 0.1) is 11.2 Å². The Morgan fingerprint density at radius 3 is 2.30 bits per heavy atom. The summed E-state index contributed by atoms with van der Waals surface area (Å²) in [6.07, 6.45) is -0.769. The smallest absolute Gasteiger partial charge is 0.416 e.